The van der Waals surface area contributed by atoms with Crippen molar-refractivity contribution in [3.05, 3.63) is 48.0 Å². The van der Waals surface area contributed by atoms with Crippen LogP contribution >= 0.6 is 0 Å². The van der Waals surface area contributed by atoms with E-state index in [9.17, 15) is 0 Å². The Labute approximate surface area is 121 Å². The van der Waals surface area contributed by atoms with Crippen molar-refractivity contribution in [2.24, 2.45) is 0 Å². The third-order valence-corrected chi connectivity index (χ3v) is 3.48. The molecule has 0 fully saturated rings. The number of aryl methyl sites for hydroxylation is 1. The summed E-state index contributed by atoms with van der Waals surface area (Å²) in [6, 6.07) is 14.5. The zero-order valence-electron chi connectivity index (χ0n) is 12.5. The molecule has 0 aromatic heterocycles. The SMILES string of the molecule is CCN(CC)c1ccc(Nc2cc(C)ccc2N)cc1. The first-order valence-electron chi connectivity index (χ1n) is 7.12. The molecule has 0 bridgehead atoms. The number of nitrogen functional groups attached to an aromatic ring is 1. The number of rotatable bonds is 5. The van der Waals surface area contributed by atoms with Gasteiger partial charge in [0.1, 0.15) is 0 Å². The summed E-state index contributed by atoms with van der Waals surface area (Å²) in [5, 5.41) is 3.37. The molecule has 0 aliphatic heterocycles. The zero-order chi connectivity index (χ0) is 14.5. The number of nitrogens with one attached hydrogen (secondary N) is 1. The lowest BCUT2D eigenvalue weighted by Gasteiger charge is -2.21. The first kappa shape index (κ1) is 14.3. The maximum Gasteiger partial charge on any atom is 0.0620 e. The highest BCUT2D eigenvalue weighted by Crippen LogP contribution is 2.25. The van der Waals surface area contributed by atoms with Crippen LogP contribution in [0.25, 0.3) is 0 Å². The number of nitrogens with zero attached hydrogens (tertiary/aromatic N) is 1. The quantitative estimate of drug-likeness (QED) is 0.801. The summed E-state index contributed by atoms with van der Waals surface area (Å²) < 4.78 is 0. The lowest BCUT2D eigenvalue weighted by Crippen LogP contribution is -2.21. The van der Waals surface area contributed by atoms with Crippen LogP contribution in [-0.4, -0.2) is 13.1 Å². The topological polar surface area (TPSA) is 41.3 Å². The molecule has 2 aromatic rings. The van der Waals surface area contributed by atoms with E-state index < -0.39 is 0 Å². The molecule has 106 valence electrons. The van der Waals surface area contributed by atoms with E-state index in [1.54, 1.807) is 0 Å². The summed E-state index contributed by atoms with van der Waals surface area (Å²) in [6.07, 6.45) is 0. The summed E-state index contributed by atoms with van der Waals surface area (Å²) in [5.41, 5.74) is 11.2. The van der Waals surface area contributed by atoms with Crippen molar-refractivity contribution in [3.8, 4) is 0 Å². The van der Waals surface area contributed by atoms with Gasteiger partial charge in [0.15, 0.2) is 0 Å². The molecule has 0 saturated carbocycles. The van der Waals surface area contributed by atoms with E-state index in [1.807, 2.05) is 12.1 Å². The lowest BCUT2D eigenvalue weighted by molar-refractivity contribution is 0.866. The van der Waals surface area contributed by atoms with Gasteiger partial charge in [0.25, 0.3) is 0 Å². The van der Waals surface area contributed by atoms with Crippen LogP contribution in [0.1, 0.15) is 19.4 Å². The van der Waals surface area contributed by atoms with E-state index in [0.29, 0.717) is 0 Å². The van der Waals surface area contributed by atoms with Crippen molar-refractivity contribution >= 4 is 22.7 Å². The zero-order valence-corrected chi connectivity index (χ0v) is 12.5. The number of anilines is 4. The van der Waals surface area contributed by atoms with Crippen molar-refractivity contribution in [1.29, 1.82) is 0 Å². The van der Waals surface area contributed by atoms with E-state index in [0.717, 1.165) is 30.2 Å². The molecule has 0 heterocycles. The molecule has 0 aliphatic carbocycles. The van der Waals surface area contributed by atoms with Gasteiger partial charge in [0.2, 0.25) is 0 Å². The Kier molecular flexibility index (Phi) is 4.51. The van der Waals surface area contributed by atoms with Crippen LogP contribution in [-0.2, 0) is 0 Å². The standard InChI is InChI=1S/C17H23N3/c1-4-20(5-2)15-9-7-14(8-10-15)19-17-12-13(3)6-11-16(17)18/h6-12,19H,4-5,18H2,1-3H3. The molecule has 2 rings (SSSR count). The maximum absolute atomic E-state index is 5.99. The Morgan fingerprint density at radius 2 is 1.65 bits per heavy atom. The van der Waals surface area contributed by atoms with Crippen LogP contribution in [0.5, 0.6) is 0 Å². The lowest BCUT2D eigenvalue weighted by atomic mass is 10.2. The fourth-order valence-electron chi connectivity index (χ4n) is 2.28. The summed E-state index contributed by atoms with van der Waals surface area (Å²) in [4.78, 5) is 2.32. The molecular weight excluding hydrogens is 246 g/mol. The third kappa shape index (κ3) is 3.23. The molecule has 0 aliphatic rings. The fourth-order valence-corrected chi connectivity index (χ4v) is 2.28. The second-order valence-electron chi connectivity index (χ2n) is 4.93. The Bertz CT molecular complexity index is 557. The Morgan fingerprint density at radius 3 is 2.25 bits per heavy atom. The van der Waals surface area contributed by atoms with Gasteiger partial charge >= 0.3 is 0 Å². The van der Waals surface area contributed by atoms with Gasteiger partial charge in [0, 0.05) is 24.5 Å². The molecule has 3 heteroatoms. The van der Waals surface area contributed by atoms with Gasteiger partial charge in [-0.3, -0.25) is 0 Å². The molecule has 0 unspecified atom stereocenters. The van der Waals surface area contributed by atoms with Gasteiger partial charge in [-0.05, 0) is 62.7 Å². The van der Waals surface area contributed by atoms with E-state index in [-0.39, 0.29) is 0 Å². The minimum atomic E-state index is 0.767. The Balaban J connectivity index is 2.16. The highest BCUT2D eigenvalue weighted by Gasteiger charge is 2.03. The number of nitrogens with two attached hydrogens (primary N) is 1. The number of hydrogen-bond donors (Lipinski definition) is 2. The smallest absolute Gasteiger partial charge is 0.0620 e. The molecular formula is C17H23N3. The predicted molar refractivity (Wildman–Crippen MR) is 88.9 cm³/mol. The summed E-state index contributed by atoms with van der Waals surface area (Å²) in [7, 11) is 0. The molecule has 0 spiro atoms. The van der Waals surface area contributed by atoms with Crippen LogP contribution in [0.15, 0.2) is 42.5 Å². The van der Waals surface area contributed by atoms with Gasteiger partial charge in [0.05, 0.1) is 11.4 Å². The summed E-state index contributed by atoms with van der Waals surface area (Å²) in [5.74, 6) is 0. The second-order valence-corrected chi connectivity index (χ2v) is 4.93. The Hall–Kier alpha value is -2.16. The van der Waals surface area contributed by atoms with Gasteiger partial charge in [-0.2, -0.15) is 0 Å². The van der Waals surface area contributed by atoms with Crippen molar-refractivity contribution in [1.82, 2.24) is 0 Å². The predicted octanol–water partition coefficient (Wildman–Crippen LogP) is 4.17. The van der Waals surface area contributed by atoms with Crippen molar-refractivity contribution in [2.45, 2.75) is 20.8 Å². The monoisotopic (exact) mass is 269 g/mol. The highest BCUT2D eigenvalue weighted by molar-refractivity contribution is 5.73. The minimum Gasteiger partial charge on any atom is -0.397 e. The average molecular weight is 269 g/mol. The van der Waals surface area contributed by atoms with E-state index >= 15 is 0 Å². The molecule has 0 radical (unpaired) electrons. The van der Waals surface area contributed by atoms with Crippen LogP contribution in [0, 0.1) is 6.92 Å². The first-order valence-corrected chi connectivity index (χ1v) is 7.12. The average Bonchev–Trinajstić information content (AvgIpc) is 2.46. The van der Waals surface area contributed by atoms with Crippen LogP contribution in [0.3, 0.4) is 0 Å². The van der Waals surface area contributed by atoms with Crippen LogP contribution in [0.4, 0.5) is 22.7 Å². The molecule has 2 aromatic carbocycles. The van der Waals surface area contributed by atoms with E-state index in [2.05, 4.69) is 61.3 Å². The molecule has 0 saturated heterocycles. The van der Waals surface area contributed by atoms with E-state index in [4.69, 9.17) is 5.73 Å². The van der Waals surface area contributed by atoms with Gasteiger partial charge in [-0.15, -0.1) is 0 Å². The van der Waals surface area contributed by atoms with Crippen molar-refractivity contribution < 1.29 is 0 Å². The Morgan fingerprint density at radius 1 is 1.00 bits per heavy atom. The van der Waals surface area contributed by atoms with Gasteiger partial charge in [-0.25, -0.2) is 0 Å². The molecule has 20 heavy (non-hydrogen) atoms. The molecule has 0 amide bonds. The molecule has 3 nitrogen and oxygen atoms in total. The summed E-state index contributed by atoms with van der Waals surface area (Å²) >= 11 is 0. The van der Waals surface area contributed by atoms with Gasteiger partial charge in [-0.1, -0.05) is 6.07 Å². The maximum atomic E-state index is 5.99. The van der Waals surface area contributed by atoms with Crippen molar-refractivity contribution in [2.75, 3.05) is 29.0 Å². The fraction of sp³-hybridized carbons (Fsp3) is 0.294. The van der Waals surface area contributed by atoms with Crippen molar-refractivity contribution in [3.63, 3.8) is 0 Å². The first-order chi connectivity index (χ1) is 9.63. The second kappa shape index (κ2) is 6.33. The van der Waals surface area contributed by atoms with Crippen LogP contribution in [0.2, 0.25) is 0 Å². The number of hydrogen-bond acceptors (Lipinski definition) is 3. The third-order valence-electron chi connectivity index (χ3n) is 3.48. The van der Waals surface area contributed by atoms with Crippen LogP contribution < -0.4 is 16.0 Å². The summed E-state index contributed by atoms with van der Waals surface area (Å²) in [6.45, 7) is 8.45. The largest absolute Gasteiger partial charge is 0.397 e. The highest BCUT2D eigenvalue weighted by atomic mass is 15.1. The van der Waals surface area contributed by atoms with E-state index in [1.165, 1.54) is 11.3 Å². The minimum absolute atomic E-state index is 0.767. The van der Waals surface area contributed by atoms with Gasteiger partial charge < -0.3 is 16.0 Å². The molecule has 3 N–H and O–H groups in total. The number of benzene rings is 2. The normalized spacial score (nSPS) is 10.3. The molecule has 0 atom stereocenters.